The van der Waals surface area contributed by atoms with Crippen LogP contribution in [0.2, 0.25) is 0 Å². The summed E-state index contributed by atoms with van der Waals surface area (Å²) in [6.07, 6.45) is 7.29. The van der Waals surface area contributed by atoms with Crippen LogP contribution in [0.1, 0.15) is 73.1 Å². The number of aromatic amines is 1. The first-order valence-electron chi connectivity index (χ1n) is 13.0. The van der Waals surface area contributed by atoms with Gasteiger partial charge in [-0.2, -0.15) is 5.21 Å². The van der Waals surface area contributed by atoms with Gasteiger partial charge in [-0.15, -0.1) is 5.10 Å². The summed E-state index contributed by atoms with van der Waals surface area (Å²) in [7, 11) is 0. The van der Waals surface area contributed by atoms with Gasteiger partial charge in [0.2, 0.25) is 5.91 Å². The van der Waals surface area contributed by atoms with Gasteiger partial charge in [0.05, 0.1) is 24.0 Å². The van der Waals surface area contributed by atoms with Crippen LogP contribution in [0.15, 0.2) is 23.8 Å². The maximum Gasteiger partial charge on any atom is 0.311 e. The molecule has 2 aliphatic rings. The van der Waals surface area contributed by atoms with Crippen LogP contribution < -0.4 is 5.32 Å². The van der Waals surface area contributed by atoms with Crippen molar-refractivity contribution in [1.82, 2.24) is 20.6 Å². The molecule has 2 aliphatic carbocycles. The molecule has 3 rings (SSSR count). The molecule has 4 N–H and O–H groups in total. The Balaban J connectivity index is 1.60. The number of amides is 1. The third kappa shape index (κ3) is 7.22. The van der Waals surface area contributed by atoms with E-state index in [2.05, 4.69) is 58.0 Å². The Hall–Kier alpha value is -2.59. The van der Waals surface area contributed by atoms with Crippen LogP contribution >= 0.6 is 0 Å². The summed E-state index contributed by atoms with van der Waals surface area (Å²) in [6, 6.07) is 0. The second-order valence-electron chi connectivity index (χ2n) is 11.1. The van der Waals surface area contributed by atoms with Crippen LogP contribution in [0.3, 0.4) is 0 Å². The molecular formula is C26H41N5O5. The number of hydrogen-bond acceptors (Lipinski definition) is 8. The van der Waals surface area contributed by atoms with E-state index in [1.807, 2.05) is 20.8 Å². The second kappa shape index (κ2) is 12.1. The summed E-state index contributed by atoms with van der Waals surface area (Å²) in [5, 5.41) is 36.3. The fraction of sp³-hybridized carbons (Fsp3) is 0.731. The number of nitrogens with zero attached hydrogens (tertiary/aromatic N) is 3. The molecule has 10 nitrogen and oxygen atoms in total. The number of tetrazole rings is 1. The Morgan fingerprint density at radius 2 is 2.03 bits per heavy atom. The first-order valence-corrected chi connectivity index (χ1v) is 13.0. The first-order chi connectivity index (χ1) is 17.0. The molecule has 0 unspecified atom stereocenters. The number of aliphatic hydroxyl groups excluding tert-OH is 2. The van der Waals surface area contributed by atoms with Gasteiger partial charge in [-0.25, -0.2) is 0 Å². The minimum Gasteiger partial charge on any atom is -0.461 e. The highest BCUT2D eigenvalue weighted by atomic mass is 16.5. The number of esters is 1. The highest BCUT2D eigenvalue weighted by molar-refractivity contribution is 5.89. The van der Waals surface area contributed by atoms with Crippen molar-refractivity contribution in [2.24, 2.45) is 29.1 Å². The number of carbonyl (C=O) groups excluding carboxylic acids is 2. The minimum absolute atomic E-state index is 0.0373. The van der Waals surface area contributed by atoms with Crippen molar-refractivity contribution < 1.29 is 24.5 Å². The Kier molecular flexibility index (Phi) is 9.41. The Labute approximate surface area is 213 Å². The quantitative estimate of drug-likeness (QED) is 0.336. The molecule has 0 spiro atoms. The lowest BCUT2D eigenvalue weighted by Crippen LogP contribution is -2.43. The van der Waals surface area contributed by atoms with Crippen LogP contribution in [0, 0.1) is 29.1 Å². The van der Waals surface area contributed by atoms with Gasteiger partial charge in [-0.3, -0.25) is 14.9 Å². The van der Waals surface area contributed by atoms with E-state index in [0.717, 1.165) is 12.8 Å². The van der Waals surface area contributed by atoms with Crippen molar-refractivity contribution in [2.75, 3.05) is 5.32 Å². The van der Waals surface area contributed by atoms with E-state index in [1.165, 1.54) is 5.57 Å². The molecule has 0 saturated heterocycles. The van der Waals surface area contributed by atoms with Gasteiger partial charge in [0.1, 0.15) is 6.10 Å². The molecule has 1 aromatic rings. The van der Waals surface area contributed by atoms with Crippen LogP contribution in [-0.2, 0) is 14.3 Å². The lowest BCUT2D eigenvalue weighted by Gasteiger charge is -2.44. The fourth-order valence-electron chi connectivity index (χ4n) is 5.17. The number of rotatable bonds is 11. The summed E-state index contributed by atoms with van der Waals surface area (Å²) in [6.45, 7) is 10.1. The van der Waals surface area contributed by atoms with E-state index in [1.54, 1.807) is 0 Å². The van der Waals surface area contributed by atoms with Crippen LogP contribution in [0.5, 0.6) is 0 Å². The molecule has 1 aromatic heterocycles. The molecule has 0 aromatic carbocycles. The summed E-state index contributed by atoms with van der Waals surface area (Å²) < 4.78 is 6.15. The number of nitrogens with one attached hydrogen (secondary N) is 2. The van der Waals surface area contributed by atoms with Crippen molar-refractivity contribution in [3.63, 3.8) is 0 Å². The summed E-state index contributed by atoms with van der Waals surface area (Å²) in [4.78, 5) is 25.0. The molecule has 200 valence electrons. The molecule has 7 atom stereocenters. The monoisotopic (exact) mass is 503 g/mol. The normalized spacial score (nSPS) is 27.5. The second-order valence-corrected chi connectivity index (χ2v) is 11.1. The average molecular weight is 504 g/mol. The lowest BCUT2D eigenvalue weighted by molar-refractivity contribution is -0.164. The zero-order chi connectivity index (χ0) is 26.5. The van der Waals surface area contributed by atoms with Crippen molar-refractivity contribution in [2.45, 2.75) is 91.5 Å². The van der Waals surface area contributed by atoms with E-state index in [4.69, 9.17) is 4.74 Å². The smallest absolute Gasteiger partial charge is 0.311 e. The van der Waals surface area contributed by atoms with Crippen LogP contribution in [-0.4, -0.2) is 61.0 Å². The third-order valence-electron chi connectivity index (χ3n) is 7.69. The predicted octanol–water partition coefficient (Wildman–Crippen LogP) is 3.17. The first kappa shape index (κ1) is 28.0. The molecule has 36 heavy (non-hydrogen) atoms. The molecule has 1 amide bonds. The Morgan fingerprint density at radius 3 is 2.69 bits per heavy atom. The van der Waals surface area contributed by atoms with Crippen molar-refractivity contribution >= 4 is 17.8 Å². The zero-order valence-electron chi connectivity index (χ0n) is 22.0. The number of aliphatic hydroxyl groups is 2. The number of allylic oxidation sites excluding steroid dienone is 3. The number of ether oxygens (including phenoxy) is 1. The number of H-pyrrole nitrogens is 1. The van der Waals surface area contributed by atoms with Gasteiger partial charge < -0.3 is 14.9 Å². The third-order valence-corrected chi connectivity index (χ3v) is 7.69. The molecule has 1 heterocycles. The summed E-state index contributed by atoms with van der Waals surface area (Å²) in [5.41, 5.74) is 0.676. The van der Waals surface area contributed by atoms with E-state index in [0.29, 0.717) is 18.8 Å². The standard InChI is InChI=1S/C26H41N5O5/c1-6-26(4,5)24(35)36-21-12-15(2)11-17-8-7-16(3)20(23(17)21)10-9-18(32)13-19(33)14-22(34)27-25-28-30-31-29-25/h7-8,11,15-16,18-21,23,32-33H,6,9-10,12-14H2,1-5H3,(H2,27,28,29,30,31,34)/t15-,16-,18+,19+,20+,21-,23-/m0/s1. The molecule has 0 radical (unpaired) electrons. The van der Waals surface area contributed by atoms with Gasteiger partial charge in [-0.1, -0.05) is 44.1 Å². The van der Waals surface area contributed by atoms with Crippen LogP contribution in [0.25, 0.3) is 0 Å². The molecule has 0 saturated carbocycles. The van der Waals surface area contributed by atoms with Crippen LogP contribution in [0.4, 0.5) is 5.95 Å². The zero-order valence-corrected chi connectivity index (χ0v) is 22.0. The summed E-state index contributed by atoms with van der Waals surface area (Å²) in [5.74, 6) is 0.283. The maximum absolute atomic E-state index is 12.9. The SMILES string of the molecule is CCC(C)(C)C(=O)O[C@H]1C[C@@H](C)C=C2C=C[C@H](C)[C@@H](CC[C@@H](O)C[C@@H](O)CC(=O)Nc3nn[nH]n3)[C@H]21. The van der Waals surface area contributed by atoms with Gasteiger partial charge in [0.25, 0.3) is 5.95 Å². The Morgan fingerprint density at radius 1 is 1.28 bits per heavy atom. The number of aromatic nitrogens is 4. The van der Waals surface area contributed by atoms with Gasteiger partial charge in [-0.05, 0) is 74.5 Å². The summed E-state index contributed by atoms with van der Waals surface area (Å²) >= 11 is 0. The molecular weight excluding hydrogens is 462 g/mol. The van der Waals surface area contributed by atoms with Gasteiger partial charge >= 0.3 is 5.97 Å². The molecule has 10 heteroatoms. The topological polar surface area (TPSA) is 150 Å². The van der Waals surface area contributed by atoms with Gasteiger partial charge in [0.15, 0.2) is 0 Å². The molecule has 0 aliphatic heterocycles. The average Bonchev–Trinajstić information content (AvgIpc) is 3.31. The maximum atomic E-state index is 12.9. The van der Waals surface area contributed by atoms with Crippen molar-refractivity contribution in [1.29, 1.82) is 0 Å². The minimum atomic E-state index is -0.994. The van der Waals surface area contributed by atoms with E-state index in [9.17, 15) is 19.8 Å². The molecule has 0 fully saturated rings. The number of fused-ring (bicyclic) bond motifs is 1. The highest BCUT2D eigenvalue weighted by Crippen LogP contribution is 2.45. The number of hydrogen-bond donors (Lipinski definition) is 4. The predicted molar refractivity (Wildman–Crippen MR) is 134 cm³/mol. The van der Waals surface area contributed by atoms with Crippen molar-refractivity contribution in [3.05, 3.63) is 23.8 Å². The Bertz CT molecular complexity index is 945. The van der Waals surface area contributed by atoms with E-state index < -0.39 is 23.5 Å². The molecule has 0 bridgehead atoms. The van der Waals surface area contributed by atoms with E-state index in [-0.39, 0.29) is 48.6 Å². The number of anilines is 1. The highest BCUT2D eigenvalue weighted by Gasteiger charge is 2.42. The van der Waals surface area contributed by atoms with E-state index >= 15 is 0 Å². The van der Waals surface area contributed by atoms with Gasteiger partial charge in [0, 0.05) is 5.92 Å². The largest absolute Gasteiger partial charge is 0.461 e. The van der Waals surface area contributed by atoms with Crippen molar-refractivity contribution in [3.8, 4) is 0 Å². The fourth-order valence-corrected chi connectivity index (χ4v) is 5.17. The lowest BCUT2D eigenvalue weighted by atomic mass is 9.65. The number of carbonyl (C=O) groups is 2.